The fourth-order valence-corrected chi connectivity index (χ4v) is 2.91. The minimum absolute atomic E-state index is 0.140. The molecule has 0 saturated carbocycles. The van der Waals surface area contributed by atoms with Crippen molar-refractivity contribution >= 4 is 17.5 Å². The summed E-state index contributed by atoms with van der Waals surface area (Å²) in [7, 11) is 1.84. The summed E-state index contributed by atoms with van der Waals surface area (Å²) in [6, 6.07) is 15.3. The van der Waals surface area contributed by atoms with Crippen LogP contribution < -0.4 is 10.6 Å². The smallest absolute Gasteiger partial charge is 0.268 e. The Balaban J connectivity index is 1.45. The number of hydrogen-bond acceptors (Lipinski definition) is 5. The lowest BCUT2D eigenvalue weighted by atomic mass is 10.2. The molecule has 3 aromatic heterocycles. The maximum atomic E-state index is 12.6. The van der Waals surface area contributed by atoms with E-state index in [9.17, 15) is 4.79 Å². The molecule has 0 saturated heterocycles. The Morgan fingerprint density at radius 1 is 1.00 bits per heavy atom. The van der Waals surface area contributed by atoms with Crippen LogP contribution in [0.3, 0.4) is 0 Å². The average Bonchev–Trinajstić information content (AvgIpc) is 3.16. The van der Waals surface area contributed by atoms with Gasteiger partial charge in [0.15, 0.2) is 0 Å². The zero-order valence-corrected chi connectivity index (χ0v) is 15.9. The van der Waals surface area contributed by atoms with Crippen molar-refractivity contribution < 1.29 is 4.79 Å². The monoisotopic (exact) mass is 384 g/mol. The number of carbonyl (C=O) groups is 1. The van der Waals surface area contributed by atoms with Gasteiger partial charge in [-0.15, -0.1) is 0 Å². The number of amides is 1. The molecule has 0 radical (unpaired) electrons. The van der Waals surface area contributed by atoms with Gasteiger partial charge in [0.1, 0.15) is 5.69 Å². The van der Waals surface area contributed by atoms with E-state index < -0.39 is 0 Å². The molecule has 0 aliphatic rings. The number of nitrogens with zero attached hydrogens (tertiary/aromatic N) is 4. The fourth-order valence-electron chi connectivity index (χ4n) is 2.91. The van der Waals surface area contributed by atoms with Crippen LogP contribution in [0.1, 0.15) is 16.1 Å². The van der Waals surface area contributed by atoms with Crippen molar-refractivity contribution in [2.45, 2.75) is 6.54 Å². The molecule has 1 amide bonds. The Morgan fingerprint density at radius 3 is 2.45 bits per heavy atom. The van der Waals surface area contributed by atoms with E-state index in [0.717, 1.165) is 22.4 Å². The third-order valence-corrected chi connectivity index (χ3v) is 4.46. The van der Waals surface area contributed by atoms with Crippen molar-refractivity contribution in [3.63, 3.8) is 0 Å². The molecule has 0 spiro atoms. The minimum Gasteiger partial charge on any atom is -0.347 e. The SMILES string of the molecule is Cn1cc(-c2cnc(Nc3ccccc3)nc2)cc1C(=O)NCc1ccncc1. The largest absolute Gasteiger partial charge is 0.347 e. The molecule has 29 heavy (non-hydrogen) atoms. The lowest BCUT2D eigenvalue weighted by Crippen LogP contribution is -2.24. The second-order valence-corrected chi connectivity index (χ2v) is 6.55. The predicted octanol–water partition coefficient (Wildman–Crippen LogP) is 3.55. The lowest BCUT2D eigenvalue weighted by molar-refractivity contribution is 0.0943. The molecule has 144 valence electrons. The summed E-state index contributed by atoms with van der Waals surface area (Å²) in [5, 5.41) is 6.08. The van der Waals surface area contributed by atoms with Gasteiger partial charge < -0.3 is 15.2 Å². The van der Waals surface area contributed by atoms with Crippen LogP contribution in [-0.4, -0.2) is 25.4 Å². The summed E-state index contributed by atoms with van der Waals surface area (Å²) < 4.78 is 1.80. The quantitative estimate of drug-likeness (QED) is 0.531. The Hall–Kier alpha value is -4.00. The molecule has 4 aromatic rings. The number of anilines is 2. The van der Waals surface area contributed by atoms with Crippen LogP contribution >= 0.6 is 0 Å². The maximum absolute atomic E-state index is 12.6. The van der Waals surface area contributed by atoms with Crippen molar-refractivity contribution in [3.8, 4) is 11.1 Å². The van der Waals surface area contributed by atoms with Gasteiger partial charge in [-0.1, -0.05) is 18.2 Å². The maximum Gasteiger partial charge on any atom is 0.268 e. The lowest BCUT2D eigenvalue weighted by Gasteiger charge is -2.05. The molecule has 0 atom stereocenters. The van der Waals surface area contributed by atoms with Gasteiger partial charge >= 0.3 is 0 Å². The number of aryl methyl sites for hydroxylation is 1. The van der Waals surface area contributed by atoms with Gasteiger partial charge in [0.05, 0.1) is 0 Å². The predicted molar refractivity (Wildman–Crippen MR) is 112 cm³/mol. The normalized spacial score (nSPS) is 10.5. The van der Waals surface area contributed by atoms with Crippen LogP contribution in [0.5, 0.6) is 0 Å². The summed E-state index contributed by atoms with van der Waals surface area (Å²) in [6.07, 6.45) is 8.79. The second-order valence-electron chi connectivity index (χ2n) is 6.55. The molecular weight excluding hydrogens is 364 g/mol. The number of rotatable bonds is 6. The number of pyridine rings is 1. The van der Waals surface area contributed by atoms with Crippen LogP contribution in [0.15, 0.2) is 79.5 Å². The molecule has 0 bridgehead atoms. The molecule has 4 rings (SSSR count). The highest BCUT2D eigenvalue weighted by Crippen LogP contribution is 2.22. The van der Waals surface area contributed by atoms with Gasteiger partial charge in [-0.25, -0.2) is 9.97 Å². The number of nitrogens with one attached hydrogen (secondary N) is 2. The summed E-state index contributed by atoms with van der Waals surface area (Å²) in [5.74, 6) is 0.380. The van der Waals surface area contributed by atoms with Gasteiger partial charge in [0, 0.05) is 61.4 Å². The first kappa shape index (κ1) is 18.4. The number of benzene rings is 1. The van der Waals surface area contributed by atoms with Crippen LogP contribution in [0.25, 0.3) is 11.1 Å². The third-order valence-electron chi connectivity index (χ3n) is 4.46. The zero-order chi connectivity index (χ0) is 20.1. The van der Waals surface area contributed by atoms with Crippen molar-refractivity contribution in [1.82, 2.24) is 24.8 Å². The molecule has 0 fully saturated rings. The van der Waals surface area contributed by atoms with E-state index in [0.29, 0.717) is 18.2 Å². The summed E-state index contributed by atoms with van der Waals surface area (Å²) in [4.78, 5) is 25.3. The molecule has 1 aromatic carbocycles. The molecule has 2 N–H and O–H groups in total. The molecule has 0 aliphatic carbocycles. The first-order chi connectivity index (χ1) is 14.2. The topological polar surface area (TPSA) is 84.7 Å². The highest BCUT2D eigenvalue weighted by Gasteiger charge is 2.13. The Bertz CT molecular complexity index is 1090. The second kappa shape index (κ2) is 8.35. The summed E-state index contributed by atoms with van der Waals surface area (Å²) in [6.45, 7) is 0.449. The highest BCUT2D eigenvalue weighted by molar-refractivity contribution is 5.94. The number of hydrogen-bond donors (Lipinski definition) is 2. The molecule has 0 unspecified atom stereocenters. The van der Waals surface area contributed by atoms with Crippen LogP contribution in [0.2, 0.25) is 0 Å². The number of carbonyl (C=O) groups excluding carboxylic acids is 1. The first-order valence-electron chi connectivity index (χ1n) is 9.17. The highest BCUT2D eigenvalue weighted by atomic mass is 16.1. The van der Waals surface area contributed by atoms with E-state index in [1.807, 2.05) is 61.8 Å². The van der Waals surface area contributed by atoms with Crippen molar-refractivity contribution in [2.75, 3.05) is 5.32 Å². The molecule has 7 heteroatoms. The van der Waals surface area contributed by atoms with Gasteiger partial charge in [0.2, 0.25) is 5.95 Å². The van der Waals surface area contributed by atoms with Gasteiger partial charge in [0.25, 0.3) is 5.91 Å². The standard InChI is InChI=1S/C22H20N6O/c1-28-15-17(11-20(28)21(29)24-12-16-7-9-23-10-8-16)18-13-25-22(26-14-18)27-19-5-3-2-4-6-19/h2-11,13-15H,12H2,1H3,(H,24,29)(H,25,26,27). The van der Waals surface area contributed by atoms with Crippen molar-refractivity contribution in [1.29, 1.82) is 0 Å². The van der Waals surface area contributed by atoms with Gasteiger partial charge in [-0.2, -0.15) is 0 Å². The molecule has 7 nitrogen and oxygen atoms in total. The van der Waals surface area contributed by atoms with E-state index in [2.05, 4.69) is 25.6 Å². The Morgan fingerprint density at radius 2 is 1.72 bits per heavy atom. The Labute approximate surface area is 168 Å². The molecular formula is C22H20N6O. The van der Waals surface area contributed by atoms with E-state index in [1.165, 1.54) is 0 Å². The van der Waals surface area contributed by atoms with E-state index >= 15 is 0 Å². The zero-order valence-electron chi connectivity index (χ0n) is 15.9. The van der Waals surface area contributed by atoms with Crippen LogP contribution in [0, 0.1) is 0 Å². The van der Waals surface area contributed by atoms with Gasteiger partial charge in [-0.05, 0) is 35.9 Å². The molecule has 3 heterocycles. The number of para-hydroxylation sites is 1. The van der Waals surface area contributed by atoms with E-state index in [4.69, 9.17) is 0 Å². The van der Waals surface area contributed by atoms with Crippen molar-refractivity contribution in [2.24, 2.45) is 7.05 Å². The average molecular weight is 384 g/mol. The van der Waals surface area contributed by atoms with E-state index in [1.54, 1.807) is 29.4 Å². The van der Waals surface area contributed by atoms with E-state index in [-0.39, 0.29) is 5.91 Å². The molecule has 0 aliphatic heterocycles. The first-order valence-corrected chi connectivity index (χ1v) is 9.17. The van der Waals surface area contributed by atoms with Crippen LogP contribution in [0.4, 0.5) is 11.6 Å². The summed E-state index contributed by atoms with van der Waals surface area (Å²) >= 11 is 0. The Kier molecular flexibility index (Phi) is 5.29. The third kappa shape index (κ3) is 4.47. The summed E-state index contributed by atoms with van der Waals surface area (Å²) in [5.41, 5.74) is 4.21. The van der Waals surface area contributed by atoms with Crippen molar-refractivity contribution in [3.05, 3.63) is 90.8 Å². The fraction of sp³-hybridized carbons (Fsp3) is 0.0909. The van der Waals surface area contributed by atoms with Crippen LogP contribution in [-0.2, 0) is 13.6 Å². The van der Waals surface area contributed by atoms with Gasteiger partial charge in [-0.3, -0.25) is 9.78 Å². The number of aromatic nitrogens is 4. The minimum atomic E-state index is -0.140.